The third-order valence-corrected chi connectivity index (χ3v) is 1.97. The van der Waals surface area contributed by atoms with Crippen LogP contribution in [-0.2, 0) is 4.79 Å². The molecule has 1 N–H and O–H groups in total. The third-order valence-electron chi connectivity index (χ3n) is 1.97. The molecular weight excluding hydrogens is 185 g/mol. The molecule has 1 saturated carbocycles. The topological polar surface area (TPSA) is 37.3 Å². The molecule has 0 aromatic carbocycles. The molecule has 13 heavy (non-hydrogen) atoms. The van der Waals surface area contributed by atoms with Crippen molar-refractivity contribution in [1.82, 2.24) is 0 Å². The van der Waals surface area contributed by atoms with E-state index in [1.54, 1.807) is 0 Å². The number of alkyl halides is 3. The van der Waals surface area contributed by atoms with Crippen LogP contribution in [0.2, 0.25) is 0 Å². The Morgan fingerprint density at radius 2 is 1.77 bits per heavy atom. The third kappa shape index (κ3) is 2.23. The van der Waals surface area contributed by atoms with E-state index in [0.29, 0.717) is 12.8 Å². The van der Waals surface area contributed by atoms with Crippen molar-refractivity contribution in [2.24, 2.45) is 0 Å². The summed E-state index contributed by atoms with van der Waals surface area (Å²) in [5.74, 6) is -2.29. The minimum absolute atomic E-state index is 0.0319. The molecular formula is C8H9F3O2. The van der Waals surface area contributed by atoms with Gasteiger partial charge in [0.2, 0.25) is 5.76 Å². The summed E-state index contributed by atoms with van der Waals surface area (Å²) in [6.45, 7) is 0. The molecule has 5 heteroatoms. The summed E-state index contributed by atoms with van der Waals surface area (Å²) in [7, 11) is 0. The molecule has 1 aliphatic carbocycles. The van der Waals surface area contributed by atoms with E-state index in [4.69, 9.17) is 5.11 Å². The average molecular weight is 194 g/mol. The van der Waals surface area contributed by atoms with Gasteiger partial charge in [0.15, 0.2) is 5.78 Å². The number of hydrogen-bond acceptors (Lipinski definition) is 2. The van der Waals surface area contributed by atoms with Gasteiger partial charge in [0, 0.05) is 12.0 Å². The Labute approximate surface area is 73.1 Å². The van der Waals surface area contributed by atoms with Crippen LogP contribution in [0.15, 0.2) is 11.3 Å². The van der Waals surface area contributed by atoms with Crippen molar-refractivity contribution in [2.75, 3.05) is 0 Å². The molecule has 74 valence electrons. The van der Waals surface area contributed by atoms with Gasteiger partial charge in [-0.15, -0.1) is 0 Å². The zero-order chi connectivity index (χ0) is 10.1. The SMILES string of the molecule is O=C1CCCCC1=C(O)C(F)(F)F. The van der Waals surface area contributed by atoms with E-state index in [1.807, 2.05) is 0 Å². The van der Waals surface area contributed by atoms with Gasteiger partial charge < -0.3 is 5.11 Å². The van der Waals surface area contributed by atoms with E-state index < -0.39 is 23.3 Å². The standard InChI is InChI=1S/C8H9F3O2/c9-8(10,11)7(13)5-3-1-2-4-6(5)12/h13H,1-4H2. The number of halogens is 3. The maximum absolute atomic E-state index is 11.9. The highest BCUT2D eigenvalue weighted by atomic mass is 19.4. The number of aliphatic hydroxyl groups excluding tert-OH is 1. The first-order chi connectivity index (χ1) is 5.93. The number of carbonyl (C=O) groups excluding carboxylic acids is 1. The van der Waals surface area contributed by atoms with Crippen LogP contribution >= 0.6 is 0 Å². The molecule has 0 spiro atoms. The lowest BCUT2D eigenvalue weighted by molar-refractivity contribution is -0.128. The van der Waals surface area contributed by atoms with Crippen LogP contribution in [0.3, 0.4) is 0 Å². The molecule has 0 bridgehead atoms. The fourth-order valence-electron chi connectivity index (χ4n) is 1.30. The smallest absolute Gasteiger partial charge is 0.449 e. The summed E-state index contributed by atoms with van der Waals surface area (Å²) in [4.78, 5) is 11.0. The maximum atomic E-state index is 11.9. The lowest BCUT2D eigenvalue weighted by Crippen LogP contribution is -2.20. The summed E-state index contributed by atoms with van der Waals surface area (Å²) in [5.41, 5.74) is -0.459. The number of carbonyl (C=O) groups is 1. The predicted molar refractivity (Wildman–Crippen MR) is 39.2 cm³/mol. The molecule has 0 heterocycles. The monoisotopic (exact) mass is 194 g/mol. The Hall–Kier alpha value is -1.00. The second-order valence-electron chi connectivity index (χ2n) is 2.96. The molecule has 0 aromatic heterocycles. The Morgan fingerprint density at radius 1 is 1.23 bits per heavy atom. The number of ketones is 1. The molecule has 0 unspecified atom stereocenters. The molecule has 0 saturated heterocycles. The van der Waals surface area contributed by atoms with Crippen LogP contribution in [0.25, 0.3) is 0 Å². The van der Waals surface area contributed by atoms with Crippen LogP contribution < -0.4 is 0 Å². The van der Waals surface area contributed by atoms with Crippen molar-refractivity contribution in [2.45, 2.75) is 31.9 Å². The highest BCUT2D eigenvalue weighted by molar-refractivity contribution is 5.96. The second kappa shape index (κ2) is 3.40. The fourth-order valence-corrected chi connectivity index (χ4v) is 1.30. The summed E-state index contributed by atoms with van der Waals surface area (Å²) in [6.07, 6.45) is -3.52. The van der Waals surface area contributed by atoms with Crippen LogP contribution in [0, 0.1) is 0 Å². The van der Waals surface area contributed by atoms with Crippen molar-refractivity contribution >= 4 is 5.78 Å². The van der Waals surface area contributed by atoms with Gasteiger partial charge in [0.25, 0.3) is 0 Å². The second-order valence-corrected chi connectivity index (χ2v) is 2.96. The van der Waals surface area contributed by atoms with Gasteiger partial charge in [-0.1, -0.05) is 0 Å². The average Bonchev–Trinajstić information content (AvgIpc) is 2.02. The normalized spacial score (nSPS) is 23.2. The van der Waals surface area contributed by atoms with Gasteiger partial charge >= 0.3 is 6.18 Å². The largest absolute Gasteiger partial charge is 0.504 e. The molecule has 0 radical (unpaired) electrons. The Morgan fingerprint density at radius 3 is 2.23 bits per heavy atom. The van der Waals surface area contributed by atoms with Crippen LogP contribution in [0.5, 0.6) is 0 Å². The van der Waals surface area contributed by atoms with Crippen molar-refractivity contribution in [1.29, 1.82) is 0 Å². The fraction of sp³-hybridized carbons (Fsp3) is 0.625. The number of rotatable bonds is 0. The Balaban J connectivity index is 2.94. The summed E-state index contributed by atoms with van der Waals surface area (Å²) < 4.78 is 35.8. The number of aliphatic hydroxyl groups is 1. The van der Waals surface area contributed by atoms with Crippen molar-refractivity contribution in [3.63, 3.8) is 0 Å². The number of hydrogen-bond donors (Lipinski definition) is 1. The van der Waals surface area contributed by atoms with Gasteiger partial charge in [-0.25, -0.2) is 0 Å². The Bertz CT molecular complexity index is 253. The van der Waals surface area contributed by atoms with Crippen LogP contribution in [-0.4, -0.2) is 17.1 Å². The summed E-state index contributed by atoms with van der Waals surface area (Å²) in [5, 5.41) is 8.71. The molecule has 0 atom stereocenters. The predicted octanol–water partition coefficient (Wildman–Crippen LogP) is 2.50. The molecule has 0 amide bonds. The Kier molecular flexibility index (Phi) is 2.63. The first-order valence-corrected chi connectivity index (χ1v) is 3.95. The number of allylic oxidation sites excluding steroid dienone is 2. The zero-order valence-corrected chi connectivity index (χ0v) is 6.82. The minimum atomic E-state index is -4.79. The summed E-state index contributed by atoms with van der Waals surface area (Å²) in [6, 6.07) is 0. The van der Waals surface area contributed by atoms with E-state index in [1.165, 1.54) is 0 Å². The molecule has 1 rings (SSSR count). The van der Waals surface area contributed by atoms with Crippen molar-refractivity contribution < 1.29 is 23.1 Å². The van der Waals surface area contributed by atoms with Gasteiger partial charge in [0.1, 0.15) is 0 Å². The first kappa shape index (κ1) is 10.1. The van der Waals surface area contributed by atoms with Gasteiger partial charge in [-0.05, 0) is 19.3 Å². The molecule has 1 fully saturated rings. The van der Waals surface area contributed by atoms with E-state index in [-0.39, 0.29) is 12.8 Å². The van der Waals surface area contributed by atoms with E-state index in [0.717, 1.165) is 0 Å². The highest BCUT2D eigenvalue weighted by Gasteiger charge is 2.38. The molecule has 0 aromatic rings. The molecule has 2 nitrogen and oxygen atoms in total. The van der Waals surface area contributed by atoms with Crippen molar-refractivity contribution in [3.8, 4) is 0 Å². The van der Waals surface area contributed by atoms with Gasteiger partial charge in [0.05, 0.1) is 0 Å². The maximum Gasteiger partial charge on any atom is 0.449 e. The lowest BCUT2D eigenvalue weighted by Gasteiger charge is -2.15. The van der Waals surface area contributed by atoms with E-state index >= 15 is 0 Å². The lowest BCUT2D eigenvalue weighted by atomic mass is 9.92. The van der Waals surface area contributed by atoms with Crippen LogP contribution in [0.1, 0.15) is 25.7 Å². The van der Waals surface area contributed by atoms with E-state index in [9.17, 15) is 18.0 Å². The molecule has 0 aliphatic heterocycles. The summed E-state index contributed by atoms with van der Waals surface area (Å²) >= 11 is 0. The first-order valence-electron chi connectivity index (χ1n) is 3.95. The molecule has 1 aliphatic rings. The highest BCUT2D eigenvalue weighted by Crippen LogP contribution is 2.31. The van der Waals surface area contributed by atoms with Crippen molar-refractivity contribution in [3.05, 3.63) is 11.3 Å². The number of Topliss-reactive ketones (excluding diaryl/α,β-unsaturated/α-hetero) is 1. The quantitative estimate of drug-likeness (QED) is 0.475. The minimum Gasteiger partial charge on any atom is -0.504 e. The van der Waals surface area contributed by atoms with E-state index in [2.05, 4.69) is 0 Å². The van der Waals surface area contributed by atoms with Gasteiger partial charge in [-0.3, -0.25) is 4.79 Å². The van der Waals surface area contributed by atoms with Gasteiger partial charge in [-0.2, -0.15) is 13.2 Å². The van der Waals surface area contributed by atoms with Crippen LogP contribution in [0.4, 0.5) is 13.2 Å². The zero-order valence-electron chi connectivity index (χ0n) is 6.82.